The number of ether oxygens (including phenoxy) is 1. The van der Waals surface area contributed by atoms with Crippen LogP contribution < -0.4 is 5.32 Å². The van der Waals surface area contributed by atoms with Gasteiger partial charge >= 0.3 is 12.1 Å². The van der Waals surface area contributed by atoms with E-state index < -0.39 is 30.2 Å². The average molecular weight is 413 g/mol. The molecule has 1 N–H and O–H groups in total. The fourth-order valence-electron chi connectivity index (χ4n) is 2.81. The molecule has 0 saturated carbocycles. The molecule has 1 amide bonds. The molecule has 0 fully saturated rings. The Morgan fingerprint density at radius 1 is 0.833 bits per heavy atom. The van der Waals surface area contributed by atoms with Crippen molar-refractivity contribution in [3.05, 3.63) is 95.6 Å². The quantitative estimate of drug-likeness (QED) is 0.588. The number of rotatable bonds is 6. The number of hydrogen-bond acceptors (Lipinski definition) is 3. The zero-order valence-corrected chi connectivity index (χ0v) is 15.8. The first-order valence-electron chi connectivity index (χ1n) is 9.09. The number of esters is 1. The zero-order valence-electron chi connectivity index (χ0n) is 15.8. The number of carbonyl (C=O) groups is 2. The average Bonchev–Trinajstić information content (AvgIpc) is 2.76. The van der Waals surface area contributed by atoms with Crippen LogP contribution in [0.4, 0.5) is 13.2 Å². The molecule has 0 unspecified atom stereocenters. The maximum atomic E-state index is 12.8. The summed E-state index contributed by atoms with van der Waals surface area (Å²) >= 11 is 0. The van der Waals surface area contributed by atoms with Gasteiger partial charge in [0.25, 0.3) is 5.91 Å². The molecule has 4 nitrogen and oxygen atoms in total. The Hall–Kier alpha value is -3.61. The fourth-order valence-corrected chi connectivity index (χ4v) is 2.81. The number of amides is 1. The van der Waals surface area contributed by atoms with Gasteiger partial charge in [0, 0.05) is 6.54 Å². The van der Waals surface area contributed by atoms with Gasteiger partial charge in [-0.2, -0.15) is 13.2 Å². The molecule has 0 aliphatic carbocycles. The van der Waals surface area contributed by atoms with Crippen molar-refractivity contribution in [2.45, 2.75) is 12.7 Å². The molecule has 0 aliphatic rings. The summed E-state index contributed by atoms with van der Waals surface area (Å²) in [7, 11) is 0. The Morgan fingerprint density at radius 3 is 2.13 bits per heavy atom. The van der Waals surface area contributed by atoms with E-state index in [4.69, 9.17) is 4.74 Å². The number of halogens is 3. The van der Waals surface area contributed by atoms with Crippen LogP contribution in [0.15, 0.2) is 78.9 Å². The smallest absolute Gasteiger partial charge is 0.416 e. The van der Waals surface area contributed by atoms with E-state index in [0.29, 0.717) is 17.7 Å². The molecule has 30 heavy (non-hydrogen) atoms. The van der Waals surface area contributed by atoms with E-state index in [0.717, 1.165) is 17.7 Å². The first-order chi connectivity index (χ1) is 14.3. The predicted molar refractivity (Wildman–Crippen MR) is 105 cm³/mol. The lowest BCUT2D eigenvalue weighted by Crippen LogP contribution is -2.28. The lowest BCUT2D eigenvalue weighted by molar-refractivity contribution is -0.137. The molecule has 154 valence electrons. The summed E-state index contributed by atoms with van der Waals surface area (Å²) in [5, 5.41) is 2.65. The second-order valence-electron chi connectivity index (χ2n) is 6.46. The van der Waals surface area contributed by atoms with E-state index in [2.05, 4.69) is 5.32 Å². The molecule has 0 bridgehead atoms. The third-order valence-electron chi connectivity index (χ3n) is 4.34. The molecule has 3 rings (SSSR count). The summed E-state index contributed by atoms with van der Waals surface area (Å²) in [6, 6.07) is 20.1. The van der Waals surface area contributed by atoms with Crippen molar-refractivity contribution in [2.24, 2.45) is 0 Å². The van der Waals surface area contributed by atoms with E-state index in [9.17, 15) is 22.8 Å². The lowest BCUT2D eigenvalue weighted by Gasteiger charge is -2.11. The second-order valence-corrected chi connectivity index (χ2v) is 6.46. The highest BCUT2D eigenvalue weighted by Crippen LogP contribution is 2.32. The van der Waals surface area contributed by atoms with Crippen LogP contribution in [0.1, 0.15) is 21.5 Å². The Kier molecular flexibility index (Phi) is 6.51. The fraction of sp³-hybridized carbons (Fsp3) is 0.130. The van der Waals surface area contributed by atoms with Crippen LogP contribution in [0.3, 0.4) is 0 Å². The third kappa shape index (κ3) is 5.47. The van der Waals surface area contributed by atoms with Crippen molar-refractivity contribution in [2.75, 3.05) is 6.61 Å². The highest BCUT2D eigenvalue weighted by molar-refractivity contribution is 5.98. The highest BCUT2D eigenvalue weighted by Gasteiger charge is 2.30. The van der Waals surface area contributed by atoms with E-state index in [1.165, 1.54) is 18.2 Å². The van der Waals surface area contributed by atoms with Gasteiger partial charge in [0.05, 0.1) is 11.1 Å². The van der Waals surface area contributed by atoms with Gasteiger partial charge < -0.3 is 10.1 Å². The van der Waals surface area contributed by atoms with Crippen LogP contribution in [0.25, 0.3) is 11.1 Å². The Labute approximate surface area is 171 Å². The number of nitrogens with one attached hydrogen (secondary N) is 1. The minimum atomic E-state index is -4.44. The number of carbonyl (C=O) groups excluding carboxylic acids is 2. The normalized spacial score (nSPS) is 11.0. The summed E-state index contributed by atoms with van der Waals surface area (Å²) in [6.07, 6.45) is -4.44. The summed E-state index contributed by atoms with van der Waals surface area (Å²) in [5.41, 5.74) is 1.14. The van der Waals surface area contributed by atoms with E-state index in [1.807, 2.05) is 30.3 Å². The molecular formula is C23H18F3NO3. The summed E-state index contributed by atoms with van der Waals surface area (Å²) in [4.78, 5) is 24.4. The predicted octanol–water partition coefficient (Wildman–Crippen LogP) is 4.85. The topological polar surface area (TPSA) is 55.4 Å². The number of alkyl halides is 3. The minimum Gasteiger partial charge on any atom is -0.452 e. The Balaban J connectivity index is 1.65. The molecule has 3 aromatic carbocycles. The van der Waals surface area contributed by atoms with Crippen LogP contribution in [-0.4, -0.2) is 18.5 Å². The summed E-state index contributed by atoms with van der Waals surface area (Å²) in [5.74, 6) is -1.19. The second kappa shape index (κ2) is 9.26. The summed E-state index contributed by atoms with van der Waals surface area (Å²) in [6.45, 7) is -0.160. The van der Waals surface area contributed by atoms with Gasteiger partial charge in [-0.25, -0.2) is 4.79 Å². The molecule has 0 radical (unpaired) electrons. The van der Waals surface area contributed by atoms with Crippen molar-refractivity contribution < 1.29 is 27.5 Å². The molecule has 0 spiro atoms. The third-order valence-corrected chi connectivity index (χ3v) is 4.34. The first kappa shape index (κ1) is 21.1. The van der Waals surface area contributed by atoms with Gasteiger partial charge in [-0.05, 0) is 34.9 Å². The summed E-state index contributed by atoms with van der Waals surface area (Å²) < 4.78 is 43.4. The molecule has 0 atom stereocenters. The lowest BCUT2D eigenvalue weighted by atomic mass is 9.98. The molecule has 7 heteroatoms. The van der Waals surface area contributed by atoms with E-state index >= 15 is 0 Å². The van der Waals surface area contributed by atoms with Crippen molar-refractivity contribution in [1.29, 1.82) is 0 Å². The van der Waals surface area contributed by atoms with Gasteiger partial charge in [-0.1, -0.05) is 60.7 Å². The van der Waals surface area contributed by atoms with Crippen LogP contribution in [-0.2, 0) is 22.3 Å². The highest BCUT2D eigenvalue weighted by atomic mass is 19.4. The van der Waals surface area contributed by atoms with Gasteiger partial charge in [-0.15, -0.1) is 0 Å². The maximum absolute atomic E-state index is 12.8. The zero-order chi connectivity index (χ0) is 21.6. The molecule has 0 aromatic heterocycles. The largest absolute Gasteiger partial charge is 0.452 e. The van der Waals surface area contributed by atoms with Crippen LogP contribution >= 0.6 is 0 Å². The van der Waals surface area contributed by atoms with E-state index in [-0.39, 0.29) is 5.56 Å². The van der Waals surface area contributed by atoms with Gasteiger partial charge in [-0.3, -0.25) is 4.79 Å². The maximum Gasteiger partial charge on any atom is 0.416 e. The first-order valence-corrected chi connectivity index (χ1v) is 9.09. The molecule has 3 aromatic rings. The Morgan fingerprint density at radius 2 is 1.47 bits per heavy atom. The van der Waals surface area contributed by atoms with Gasteiger partial charge in [0.2, 0.25) is 0 Å². The molecule has 0 saturated heterocycles. The van der Waals surface area contributed by atoms with Crippen molar-refractivity contribution >= 4 is 11.9 Å². The van der Waals surface area contributed by atoms with Crippen molar-refractivity contribution in [3.63, 3.8) is 0 Å². The van der Waals surface area contributed by atoms with Crippen molar-refractivity contribution in [1.82, 2.24) is 5.32 Å². The Bertz CT molecular complexity index is 1020. The van der Waals surface area contributed by atoms with Crippen LogP contribution in [0.5, 0.6) is 0 Å². The van der Waals surface area contributed by atoms with E-state index in [1.54, 1.807) is 18.2 Å². The molecule has 0 heterocycles. The standard InChI is InChI=1S/C23H18F3NO3/c24-23(25,26)18-12-10-17(11-13-18)19-8-4-5-9-20(19)22(29)30-15-21(28)27-14-16-6-2-1-3-7-16/h1-13H,14-15H2,(H,27,28). The van der Waals surface area contributed by atoms with Crippen LogP contribution in [0, 0.1) is 0 Å². The van der Waals surface area contributed by atoms with Crippen molar-refractivity contribution in [3.8, 4) is 11.1 Å². The number of benzene rings is 3. The number of hydrogen-bond donors (Lipinski definition) is 1. The van der Waals surface area contributed by atoms with Gasteiger partial charge in [0.1, 0.15) is 0 Å². The minimum absolute atomic E-state index is 0.160. The van der Waals surface area contributed by atoms with Gasteiger partial charge in [0.15, 0.2) is 6.61 Å². The monoisotopic (exact) mass is 413 g/mol. The SMILES string of the molecule is O=C(COC(=O)c1ccccc1-c1ccc(C(F)(F)F)cc1)NCc1ccccc1. The van der Waals surface area contributed by atoms with Crippen LogP contribution in [0.2, 0.25) is 0 Å². The molecular weight excluding hydrogens is 395 g/mol. The molecule has 0 aliphatic heterocycles.